The summed E-state index contributed by atoms with van der Waals surface area (Å²) in [5.41, 5.74) is 3.20. The molecule has 2 aromatic carbocycles. The van der Waals surface area contributed by atoms with Crippen LogP contribution in [-0.4, -0.2) is 40.6 Å². The molecule has 0 radical (unpaired) electrons. The molecule has 1 amide bonds. The van der Waals surface area contributed by atoms with E-state index in [1.54, 1.807) is 64.2 Å². The van der Waals surface area contributed by atoms with Gasteiger partial charge in [-0.1, -0.05) is 26.8 Å². The van der Waals surface area contributed by atoms with Gasteiger partial charge in [0.2, 0.25) is 0 Å². The smallest absolute Gasteiger partial charge is 0.259 e. The molecule has 7 nitrogen and oxygen atoms in total. The molecule has 38 heavy (non-hydrogen) atoms. The van der Waals surface area contributed by atoms with Crippen LogP contribution in [0.1, 0.15) is 53.6 Å². The number of aliphatic imine (C=N–C) groups is 1. The second-order valence-corrected chi connectivity index (χ2v) is 11.4. The van der Waals surface area contributed by atoms with Crippen molar-refractivity contribution in [2.24, 2.45) is 16.3 Å². The fraction of sp³-hybridized carbons (Fsp3) is 0.400. The first kappa shape index (κ1) is 27.5. The van der Waals surface area contributed by atoms with Gasteiger partial charge in [0.1, 0.15) is 16.5 Å². The number of carbonyl (C=O) groups excluding carboxylic acids is 1. The average Bonchev–Trinajstić information content (AvgIpc) is 3.28. The lowest BCUT2D eigenvalue weighted by Gasteiger charge is -2.33. The molecule has 3 aromatic rings. The fourth-order valence-corrected chi connectivity index (χ4v) is 6.14. The van der Waals surface area contributed by atoms with Crippen LogP contribution in [0.4, 0.5) is 10.7 Å². The number of rotatable bonds is 8. The van der Waals surface area contributed by atoms with E-state index in [4.69, 9.17) is 23.9 Å². The highest BCUT2D eigenvalue weighted by molar-refractivity contribution is 7.16. The first-order valence-corrected chi connectivity index (χ1v) is 13.4. The number of ether oxygens (including phenoxy) is 4. The highest BCUT2D eigenvalue weighted by atomic mass is 32.1. The molecule has 0 unspecified atom stereocenters. The van der Waals surface area contributed by atoms with E-state index in [0.29, 0.717) is 45.2 Å². The summed E-state index contributed by atoms with van der Waals surface area (Å²) in [4.78, 5) is 19.9. The zero-order chi connectivity index (χ0) is 27.4. The van der Waals surface area contributed by atoms with Gasteiger partial charge in [-0.15, -0.1) is 11.3 Å². The van der Waals surface area contributed by atoms with Gasteiger partial charge in [0.05, 0.1) is 39.7 Å². The van der Waals surface area contributed by atoms with Crippen LogP contribution in [0.3, 0.4) is 0 Å². The van der Waals surface area contributed by atoms with Gasteiger partial charge in [-0.25, -0.2) is 4.99 Å². The molecule has 0 fully saturated rings. The third-order valence-electron chi connectivity index (χ3n) is 7.11. The lowest BCUT2D eigenvalue weighted by molar-refractivity contribution is 0.102. The van der Waals surface area contributed by atoms with Crippen LogP contribution >= 0.6 is 11.3 Å². The molecular formula is C30H36N2O5S. The van der Waals surface area contributed by atoms with E-state index in [1.807, 2.05) is 18.2 Å². The molecule has 4 rings (SSSR count). The number of amides is 1. The Kier molecular flexibility index (Phi) is 8.31. The minimum Gasteiger partial charge on any atom is -0.497 e. The number of para-hydroxylation sites is 1. The highest BCUT2D eigenvalue weighted by Crippen LogP contribution is 2.46. The molecule has 1 aliphatic carbocycles. The van der Waals surface area contributed by atoms with E-state index in [1.165, 1.54) is 4.88 Å². The van der Waals surface area contributed by atoms with Crippen molar-refractivity contribution >= 4 is 34.1 Å². The van der Waals surface area contributed by atoms with Gasteiger partial charge in [0.15, 0.2) is 11.5 Å². The number of nitrogens with zero attached hydrogens (tertiary/aromatic N) is 1. The minimum absolute atomic E-state index is 0.190. The molecule has 0 saturated carbocycles. The van der Waals surface area contributed by atoms with Crippen molar-refractivity contribution in [1.82, 2.24) is 0 Å². The molecule has 1 aliphatic rings. The third-order valence-corrected chi connectivity index (χ3v) is 8.27. The Hall–Kier alpha value is -3.52. The van der Waals surface area contributed by atoms with Crippen molar-refractivity contribution in [2.75, 3.05) is 33.8 Å². The molecular weight excluding hydrogens is 500 g/mol. The van der Waals surface area contributed by atoms with Gasteiger partial charge in [-0.3, -0.25) is 4.79 Å². The van der Waals surface area contributed by atoms with Gasteiger partial charge < -0.3 is 24.3 Å². The van der Waals surface area contributed by atoms with Crippen molar-refractivity contribution in [2.45, 2.75) is 40.0 Å². The first-order valence-electron chi connectivity index (χ1n) is 12.6. The van der Waals surface area contributed by atoms with Crippen LogP contribution in [0.5, 0.6) is 23.0 Å². The summed E-state index contributed by atoms with van der Waals surface area (Å²) < 4.78 is 21.9. The fourth-order valence-electron chi connectivity index (χ4n) is 4.87. The topological polar surface area (TPSA) is 78.4 Å². The summed E-state index contributed by atoms with van der Waals surface area (Å²) in [6, 6.07) is 11.0. The average molecular weight is 537 g/mol. The molecule has 0 bridgehead atoms. The van der Waals surface area contributed by atoms with E-state index in [9.17, 15) is 4.79 Å². The van der Waals surface area contributed by atoms with Crippen molar-refractivity contribution < 1.29 is 23.7 Å². The van der Waals surface area contributed by atoms with Crippen molar-refractivity contribution in [3.05, 3.63) is 58.0 Å². The summed E-state index contributed by atoms with van der Waals surface area (Å²) in [6.07, 6.45) is 4.54. The zero-order valence-corrected chi connectivity index (χ0v) is 24.0. The van der Waals surface area contributed by atoms with Crippen LogP contribution in [-0.2, 0) is 12.8 Å². The van der Waals surface area contributed by atoms with Gasteiger partial charge >= 0.3 is 0 Å². The Morgan fingerprint density at radius 1 is 1.03 bits per heavy atom. The predicted molar refractivity (Wildman–Crippen MR) is 154 cm³/mol. The number of anilines is 1. The second kappa shape index (κ2) is 11.5. The number of benzene rings is 2. The number of methoxy groups -OCH3 is 4. The summed E-state index contributed by atoms with van der Waals surface area (Å²) >= 11 is 1.59. The van der Waals surface area contributed by atoms with Gasteiger partial charge in [0, 0.05) is 22.7 Å². The molecule has 202 valence electrons. The lowest BCUT2D eigenvalue weighted by Crippen LogP contribution is -2.27. The maximum Gasteiger partial charge on any atom is 0.259 e. The maximum atomic E-state index is 13.8. The Morgan fingerprint density at radius 3 is 2.45 bits per heavy atom. The van der Waals surface area contributed by atoms with E-state index in [-0.39, 0.29) is 11.3 Å². The standard InChI is InChI=1S/C30H36N2O5S/c1-30(2,3)19-11-13-21-25(15-19)38-29(31-17-18-9-8-10-24(36-6)27(18)37-7)26(21)28(33)32-22-16-20(34-4)12-14-23(22)35-5/h8-10,12,14,16-17,19H,11,13,15H2,1-7H3,(H,32,33)/t19-/m1/s1. The quantitative estimate of drug-likeness (QED) is 0.316. The predicted octanol–water partition coefficient (Wildman–Crippen LogP) is 6.94. The second-order valence-electron chi connectivity index (χ2n) is 10.4. The van der Waals surface area contributed by atoms with Crippen LogP contribution in [0.15, 0.2) is 41.4 Å². The first-order chi connectivity index (χ1) is 18.2. The summed E-state index contributed by atoms with van der Waals surface area (Å²) in [7, 11) is 6.38. The number of thiophene rings is 1. The minimum atomic E-state index is -0.215. The van der Waals surface area contributed by atoms with Crippen LogP contribution in [0, 0.1) is 11.3 Å². The summed E-state index contributed by atoms with van der Waals surface area (Å²) in [6.45, 7) is 6.85. The molecule has 0 spiro atoms. The molecule has 1 heterocycles. The number of fused-ring (bicyclic) bond motifs is 1. The zero-order valence-electron chi connectivity index (χ0n) is 23.1. The maximum absolute atomic E-state index is 13.8. The Balaban J connectivity index is 1.77. The molecule has 1 atom stereocenters. The number of nitrogens with one attached hydrogen (secondary N) is 1. The van der Waals surface area contributed by atoms with Crippen LogP contribution < -0.4 is 24.3 Å². The van der Waals surface area contributed by atoms with E-state index >= 15 is 0 Å². The van der Waals surface area contributed by atoms with Crippen LogP contribution in [0.25, 0.3) is 0 Å². The van der Waals surface area contributed by atoms with Crippen molar-refractivity contribution in [3.8, 4) is 23.0 Å². The summed E-state index contributed by atoms with van der Waals surface area (Å²) in [5.74, 6) is 2.73. The normalized spacial score (nSPS) is 15.2. The third kappa shape index (κ3) is 5.65. The molecule has 8 heteroatoms. The molecule has 1 aromatic heterocycles. The number of hydrogen-bond acceptors (Lipinski definition) is 7. The Morgan fingerprint density at radius 2 is 1.79 bits per heavy atom. The SMILES string of the molecule is COc1ccc(OC)c(NC(=O)c2c(N=Cc3cccc(OC)c3OC)sc3c2CC[C@@H](C(C)(C)C)C3)c1. The molecule has 0 saturated heterocycles. The van der Waals surface area contributed by atoms with Gasteiger partial charge in [-0.05, 0) is 60.4 Å². The van der Waals surface area contributed by atoms with Gasteiger partial charge in [0.25, 0.3) is 5.91 Å². The molecule has 1 N–H and O–H groups in total. The largest absolute Gasteiger partial charge is 0.497 e. The van der Waals surface area contributed by atoms with E-state index in [2.05, 4.69) is 26.1 Å². The number of carbonyl (C=O) groups is 1. The van der Waals surface area contributed by atoms with Crippen LogP contribution in [0.2, 0.25) is 0 Å². The Labute approximate surface area is 228 Å². The lowest BCUT2D eigenvalue weighted by atomic mass is 9.72. The van der Waals surface area contributed by atoms with E-state index in [0.717, 1.165) is 30.4 Å². The highest BCUT2D eigenvalue weighted by Gasteiger charge is 2.34. The van der Waals surface area contributed by atoms with Crippen molar-refractivity contribution in [3.63, 3.8) is 0 Å². The number of hydrogen-bond donors (Lipinski definition) is 1. The Bertz CT molecular complexity index is 1340. The van der Waals surface area contributed by atoms with Crippen molar-refractivity contribution in [1.29, 1.82) is 0 Å². The summed E-state index contributed by atoms with van der Waals surface area (Å²) in [5, 5.41) is 3.73. The van der Waals surface area contributed by atoms with E-state index < -0.39 is 0 Å². The van der Waals surface area contributed by atoms with Gasteiger partial charge in [-0.2, -0.15) is 0 Å². The molecule has 0 aliphatic heterocycles. The monoisotopic (exact) mass is 536 g/mol.